The quantitative estimate of drug-likeness (QED) is 0.507. The second kappa shape index (κ2) is 7.77. The molecule has 0 amide bonds. The van der Waals surface area contributed by atoms with Gasteiger partial charge in [-0.15, -0.1) is 0 Å². The first kappa shape index (κ1) is 15.6. The van der Waals surface area contributed by atoms with E-state index in [9.17, 15) is 4.79 Å². The van der Waals surface area contributed by atoms with Crippen molar-refractivity contribution >= 4 is 17.7 Å². The first-order valence-electron chi connectivity index (χ1n) is 5.68. The highest BCUT2D eigenvalue weighted by Gasteiger charge is 2.24. The lowest BCUT2D eigenvalue weighted by molar-refractivity contribution is -0.141. The van der Waals surface area contributed by atoms with E-state index >= 15 is 0 Å². The molecule has 0 aromatic heterocycles. The van der Waals surface area contributed by atoms with Crippen molar-refractivity contribution in [2.24, 2.45) is 17.8 Å². The third kappa shape index (κ3) is 5.06. The van der Waals surface area contributed by atoms with Crippen LogP contribution in [0, 0.1) is 17.8 Å². The summed E-state index contributed by atoms with van der Waals surface area (Å²) < 4.78 is 4.75. The lowest BCUT2D eigenvalue weighted by Gasteiger charge is -2.27. The molecule has 0 spiro atoms. The third-order valence-corrected chi connectivity index (χ3v) is 3.81. The Kier molecular flexibility index (Phi) is 7.56. The standard InChI is InChI=1S/C13H24O2S/c1-9(2)11(4)12(7-13(14)15-5)10(3)8-16-6/h9-10,12H,4,7-8H2,1-3,5-6H3/t10?,12-/m0/s1. The highest BCUT2D eigenvalue weighted by Crippen LogP contribution is 2.30. The third-order valence-electron chi connectivity index (χ3n) is 2.95. The summed E-state index contributed by atoms with van der Waals surface area (Å²) in [6, 6.07) is 0. The van der Waals surface area contributed by atoms with Crippen molar-refractivity contribution in [3.63, 3.8) is 0 Å². The largest absolute Gasteiger partial charge is 0.469 e. The van der Waals surface area contributed by atoms with Crippen LogP contribution in [0.1, 0.15) is 27.2 Å². The molecular formula is C13H24O2S. The number of hydrogen-bond donors (Lipinski definition) is 0. The summed E-state index contributed by atoms with van der Waals surface area (Å²) in [4.78, 5) is 11.4. The Labute approximate surface area is 104 Å². The molecule has 0 aliphatic heterocycles. The van der Waals surface area contributed by atoms with Gasteiger partial charge in [-0.3, -0.25) is 4.79 Å². The molecule has 2 atom stereocenters. The van der Waals surface area contributed by atoms with Crippen molar-refractivity contribution in [3.05, 3.63) is 12.2 Å². The molecule has 94 valence electrons. The predicted molar refractivity (Wildman–Crippen MR) is 71.6 cm³/mol. The normalized spacial score (nSPS) is 14.6. The van der Waals surface area contributed by atoms with Crippen LogP contribution in [0.25, 0.3) is 0 Å². The first-order chi connectivity index (χ1) is 7.43. The first-order valence-corrected chi connectivity index (χ1v) is 7.07. The minimum Gasteiger partial charge on any atom is -0.469 e. The van der Waals surface area contributed by atoms with E-state index in [0.29, 0.717) is 18.3 Å². The number of thioether (sulfide) groups is 1. The van der Waals surface area contributed by atoms with Crippen LogP contribution in [0.5, 0.6) is 0 Å². The molecule has 0 fully saturated rings. The minimum absolute atomic E-state index is 0.139. The van der Waals surface area contributed by atoms with E-state index in [0.717, 1.165) is 11.3 Å². The van der Waals surface area contributed by atoms with Gasteiger partial charge in [0.1, 0.15) is 0 Å². The summed E-state index contributed by atoms with van der Waals surface area (Å²) in [6.07, 6.45) is 2.54. The number of methoxy groups -OCH3 is 1. The monoisotopic (exact) mass is 244 g/mol. The molecule has 0 aliphatic rings. The van der Waals surface area contributed by atoms with Crippen LogP contribution in [-0.4, -0.2) is 25.1 Å². The summed E-state index contributed by atoms with van der Waals surface area (Å²) in [5, 5.41) is 0. The fraction of sp³-hybridized carbons (Fsp3) is 0.769. The summed E-state index contributed by atoms with van der Waals surface area (Å²) >= 11 is 1.81. The lowest BCUT2D eigenvalue weighted by Crippen LogP contribution is -2.22. The maximum atomic E-state index is 11.4. The van der Waals surface area contributed by atoms with Crippen LogP contribution in [-0.2, 0) is 9.53 Å². The molecule has 0 aliphatic carbocycles. The van der Waals surface area contributed by atoms with Gasteiger partial charge in [0.15, 0.2) is 0 Å². The Hall–Kier alpha value is -0.440. The number of carbonyl (C=O) groups is 1. The smallest absolute Gasteiger partial charge is 0.306 e. The van der Waals surface area contributed by atoms with Crippen molar-refractivity contribution in [1.82, 2.24) is 0 Å². The van der Waals surface area contributed by atoms with Gasteiger partial charge in [0.05, 0.1) is 13.5 Å². The van der Waals surface area contributed by atoms with E-state index < -0.39 is 0 Å². The summed E-state index contributed by atoms with van der Waals surface area (Å²) in [6.45, 7) is 10.6. The van der Waals surface area contributed by atoms with Crippen LogP contribution in [0.4, 0.5) is 0 Å². The number of allylic oxidation sites excluding steroid dienone is 1. The Morgan fingerprint density at radius 1 is 1.38 bits per heavy atom. The van der Waals surface area contributed by atoms with Gasteiger partial charge in [-0.1, -0.05) is 32.9 Å². The molecule has 0 saturated heterocycles. The van der Waals surface area contributed by atoms with E-state index in [1.165, 1.54) is 7.11 Å². The second-order valence-corrected chi connectivity index (χ2v) is 5.46. The van der Waals surface area contributed by atoms with Gasteiger partial charge >= 0.3 is 5.97 Å². The molecule has 0 bridgehead atoms. The van der Waals surface area contributed by atoms with E-state index in [1.54, 1.807) is 0 Å². The van der Waals surface area contributed by atoms with Crippen molar-refractivity contribution in [2.45, 2.75) is 27.2 Å². The van der Waals surface area contributed by atoms with E-state index in [2.05, 4.69) is 33.6 Å². The molecule has 0 rings (SSSR count). The van der Waals surface area contributed by atoms with Gasteiger partial charge in [0.25, 0.3) is 0 Å². The highest BCUT2D eigenvalue weighted by molar-refractivity contribution is 7.98. The summed E-state index contributed by atoms with van der Waals surface area (Å²) in [5.74, 6) is 2.02. The van der Waals surface area contributed by atoms with Gasteiger partial charge in [-0.2, -0.15) is 11.8 Å². The van der Waals surface area contributed by atoms with Crippen LogP contribution in [0.2, 0.25) is 0 Å². The average Bonchev–Trinajstić information content (AvgIpc) is 2.24. The zero-order valence-electron chi connectivity index (χ0n) is 11.1. The van der Waals surface area contributed by atoms with Crippen LogP contribution >= 0.6 is 11.8 Å². The van der Waals surface area contributed by atoms with Crippen molar-refractivity contribution < 1.29 is 9.53 Å². The molecule has 3 heteroatoms. The molecule has 2 nitrogen and oxygen atoms in total. The van der Waals surface area contributed by atoms with Crippen molar-refractivity contribution in [2.75, 3.05) is 19.1 Å². The number of rotatable bonds is 7. The topological polar surface area (TPSA) is 26.3 Å². The maximum Gasteiger partial charge on any atom is 0.306 e. The van der Waals surface area contributed by atoms with Crippen LogP contribution < -0.4 is 0 Å². The number of carbonyl (C=O) groups excluding carboxylic acids is 1. The summed E-state index contributed by atoms with van der Waals surface area (Å²) in [7, 11) is 1.44. The second-order valence-electron chi connectivity index (χ2n) is 4.55. The lowest BCUT2D eigenvalue weighted by atomic mass is 9.81. The van der Waals surface area contributed by atoms with E-state index in [4.69, 9.17) is 4.74 Å². The fourth-order valence-corrected chi connectivity index (χ4v) is 2.53. The predicted octanol–water partition coefficient (Wildman–Crippen LogP) is 3.38. The van der Waals surface area contributed by atoms with Crippen molar-refractivity contribution in [1.29, 1.82) is 0 Å². The van der Waals surface area contributed by atoms with E-state index in [1.807, 2.05) is 11.8 Å². The maximum absolute atomic E-state index is 11.4. The molecule has 1 unspecified atom stereocenters. The van der Waals surface area contributed by atoms with Gasteiger partial charge in [0, 0.05) is 0 Å². The Balaban J connectivity index is 4.62. The molecule has 16 heavy (non-hydrogen) atoms. The number of hydrogen-bond acceptors (Lipinski definition) is 3. The zero-order chi connectivity index (χ0) is 12.7. The minimum atomic E-state index is -0.139. The van der Waals surface area contributed by atoms with Crippen LogP contribution in [0.3, 0.4) is 0 Å². The van der Waals surface area contributed by atoms with Gasteiger partial charge < -0.3 is 4.74 Å². The van der Waals surface area contributed by atoms with Gasteiger partial charge in [-0.25, -0.2) is 0 Å². The zero-order valence-corrected chi connectivity index (χ0v) is 11.9. The molecule has 0 heterocycles. The Morgan fingerprint density at radius 2 is 1.94 bits per heavy atom. The number of ether oxygens (including phenoxy) is 1. The SMILES string of the molecule is C=C(C(C)C)[C@@H](CC(=O)OC)C(C)CSC. The average molecular weight is 244 g/mol. The molecular weight excluding hydrogens is 220 g/mol. The van der Waals surface area contributed by atoms with E-state index in [-0.39, 0.29) is 11.9 Å². The van der Waals surface area contributed by atoms with Crippen molar-refractivity contribution in [3.8, 4) is 0 Å². The van der Waals surface area contributed by atoms with Gasteiger partial charge in [0.2, 0.25) is 0 Å². The fourth-order valence-electron chi connectivity index (χ4n) is 1.77. The molecule has 0 radical (unpaired) electrons. The number of esters is 1. The Bertz CT molecular complexity index is 236. The highest BCUT2D eigenvalue weighted by atomic mass is 32.2. The van der Waals surface area contributed by atoms with Gasteiger partial charge in [-0.05, 0) is 29.8 Å². The molecule has 0 aromatic rings. The van der Waals surface area contributed by atoms with Crippen LogP contribution in [0.15, 0.2) is 12.2 Å². The summed E-state index contributed by atoms with van der Waals surface area (Å²) in [5.41, 5.74) is 1.16. The molecule has 0 aromatic carbocycles. The Morgan fingerprint density at radius 3 is 2.31 bits per heavy atom. The molecule has 0 saturated carbocycles. The molecule has 0 N–H and O–H groups in total.